The monoisotopic (exact) mass is 493 g/mol. The second-order valence-corrected chi connectivity index (χ2v) is 9.76. The molecule has 186 valence electrons. The van der Waals surface area contributed by atoms with E-state index in [1.165, 1.54) is 51.2 Å². The number of benzene rings is 1. The van der Waals surface area contributed by atoms with Crippen LogP contribution in [0.15, 0.2) is 24.3 Å². The molecule has 1 saturated carbocycles. The van der Waals surface area contributed by atoms with Crippen LogP contribution < -0.4 is 5.73 Å². The van der Waals surface area contributed by atoms with Crippen molar-refractivity contribution in [2.75, 3.05) is 38.5 Å². The quantitative estimate of drug-likeness (QED) is 0.619. The highest BCUT2D eigenvalue weighted by Gasteiger charge is 2.34. The summed E-state index contributed by atoms with van der Waals surface area (Å²) in [5, 5.41) is 8.74. The number of nitrogen functional groups attached to an aromatic ring is 1. The molecule has 1 unspecified atom stereocenters. The van der Waals surface area contributed by atoms with Crippen LogP contribution in [-0.4, -0.2) is 69.7 Å². The minimum atomic E-state index is -3.12. The first kappa shape index (κ1) is 25.2. The van der Waals surface area contributed by atoms with Crippen LogP contribution in [0.2, 0.25) is 5.28 Å². The van der Waals surface area contributed by atoms with E-state index >= 15 is 0 Å². The number of fused-ring (bicyclic) bond motifs is 1. The highest BCUT2D eigenvalue weighted by molar-refractivity contribution is 6.28. The molecule has 0 bridgehead atoms. The summed E-state index contributed by atoms with van der Waals surface area (Å²) in [4.78, 5) is 13.8. The Morgan fingerprint density at radius 3 is 2.38 bits per heavy atom. The van der Waals surface area contributed by atoms with Crippen molar-refractivity contribution in [1.82, 2.24) is 19.8 Å². The number of aryl methyl sites for hydroxylation is 2. The molecular weight excluding hydrogens is 460 g/mol. The van der Waals surface area contributed by atoms with Gasteiger partial charge in [-0.25, -0.2) is 9.97 Å². The molecule has 1 atom stereocenters. The number of piperazine rings is 1. The summed E-state index contributed by atoms with van der Waals surface area (Å²) >= 11 is 5.90. The molecule has 3 aliphatic rings. The SMILES string of the molecule is CCc1cccc(C(F)(F)CO)c1.Nc1nc(Cl)nc2c1CC(N1CCN(C3CC3)CC1)CC2. The van der Waals surface area contributed by atoms with Gasteiger partial charge in [-0.2, -0.15) is 8.78 Å². The van der Waals surface area contributed by atoms with Crippen LogP contribution in [-0.2, 0) is 25.2 Å². The van der Waals surface area contributed by atoms with Gasteiger partial charge in [-0.1, -0.05) is 25.1 Å². The largest absolute Gasteiger partial charge is 0.390 e. The lowest BCUT2D eigenvalue weighted by Gasteiger charge is -2.41. The first-order valence-corrected chi connectivity index (χ1v) is 12.6. The van der Waals surface area contributed by atoms with Gasteiger partial charge in [0.2, 0.25) is 5.28 Å². The molecular formula is C25H34ClF2N5O. The van der Waals surface area contributed by atoms with E-state index < -0.39 is 12.5 Å². The maximum Gasteiger partial charge on any atom is 0.295 e. The van der Waals surface area contributed by atoms with Crippen molar-refractivity contribution >= 4 is 17.4 Å². The van der Waals surface area contributed by atoms with Gasteiger partial charge < -0.3 is 10.8 Å². The Labute approximate surface area is 205 Å². The number of halogens is 3. The van der Waals surface area contributed by atoms with Gasteiger partial charge >= 0.3 is 0 Å². The van der Waals surface area contributed by atoms with Crippen molar-refractivity contribution in [3.05, 3.63) is 51.9 Å². The first-order chi connectivity index (χ1) is 16.3. The molecule has 0 radical (unpaired) electrons. The van der Waals surface area contributed by atoms with Gasteiger partial charge in [0.25, 0.3) is 5.92 Å². The molecule has 2 fully saturated rings. The van der Waals surface area contributed by atoms with Gasteiger partial charge in [-0.3, -0.25) is 9.80 Å². The zero-order valence-corrected chi connectivity index (χ0v) is 20.4. The van der Waals surface area contributed by atoms with Crippen LogP contribution in [0.25, 0.3) is 0 Å². The topological polar surface area (TPSA) is 78.5 Å². The van der Waals surface area contributed by atoms with E-state index in [4.69, 9.17) is 22.4 Å². The van der Waals surface area contributed by atoms with Gasteiger partial charge in [-0.15, -0.1) is 0 Å². The molecule has 2 aromatic rings. The van der Waals surface area contributed by atoms with Crippen molar-refractivity contribution in [3.63, 3.8) is 0 Å². The van der Waals surface area contributed by atoms with E-state index in [1.807, 2.05) is 6.92 Å². The lowest BCUT2D eigenvalue weighted by molar-refractivity contribution is -0.0556. The van der Waals surface area contributed by atoms with Crippen molar-refractivity contribution in [3.8, 4) is 0 Å². The van der Waals surface area contributed by atoms with Gasteiger partial charge in [0, 0.05) is 49.4 Å². The summed E-state index contributed by atoms with van der Waals surface area (Å²) in [6.07, 6.45) is 6.63. The van der Waals surface area contributed by atoms with Gasteiger partial charge in [-0.05, 0) is 61.8 Å². The summed E-state index contributed by atoms with van der Waals surface area (Å²) in [6.45, 7) is 5.58. The normalized spacial score (nSPS) is 21.5. The second kappa shape index (κ2) is 10.8. The second-order valence-electron chi connectivity index (χ2n) is 9.42. The molecule has 0 amide bonds. The Balaban J connectivity index is 0.000000182. The van der Waals surface area contributed by atoms with Crippen LogP contribution in [0, 0.1) is 0 Å². The summed E-state index contributed by atoms with van der Waals surface area (Å²) in [5.41, 5.74) is 8.96. The molecule has 1 aromatic heterocycles. The lowest BCUT2D eigenvalue weighted by Crippen LogP contribution is -2.52. The number of aromatic nitrogens is 2. The third kappa shape index (κ3) is 6.03. The number of aliphatic hydroxyl groups excluding tert-OH is 1. The molecule has 1 aromatic carbocycles. The van der Waals surface area contributed by atoms with Crippen molar-refractivity contribution in [2.45, 2.75) is 63.5 Å². The molecule has 3 N–H and O–H groups in total. The van der Waals surface area contributed by atoms with E-state index in [0.717, 1.165) is 48.5 Å². The third-order valence-corrected chi connectivity index (χ3v) is 7.31. The number of hydrogen-bond donors (Lipinski definition) is 2. The highest BCUT2D eigenvalue weighted by atomic mass is 35.5. The number of nitrogens with two attached hydrogens (primary N) is 1. The fourth-order valence-electron chi connectivity index (χ4n) is 4.92. The fraction of sp³-hybridized carbons (Fsp3) is 0.600. The molecule has 2 heterocycles. The zero-order valence-electron chi connectivity index (χ0n) is 19.7. The van der Waals surface area contributed by atoms with E-state index in [2.05, 4.69) is 19.8 Å². The molecule has 2 aliphatic carbocycles. The molecule has 9 heteroatoms. The Bertz CT molecular complexity index is 980. The summed E-state index contributed by atoms with van der Waals surface area (Å²) in [6, 6.07) is 7.61. The molecule has 1 saturated heterocycles. The smallest absolute Gasteiger partial charge is 0.295 e. The molecule has 0 spiro atoms. The fourth-order valence-corrected chi connectivity index (χ4v) is 5.11. The van der Waals surface area contributed by atoms with Crippen LogP contribution >= 0.6 is 11.6 Å². The number of aliphatic hydroxyl groups is 1. The molecule has 6 nitrogen and oxygen atoms in total. The standard InChI is InChI=1S/C15H22ClN5.C10H12F2O/c16-15-18-13-4-3-11(9-12(13)14(17)19-15)21-7-5-20(6-8-21)10-1-2-10;1-2-8-4-3-5-9(6-8)10(11,12)7-13/h10-11H,1-9H2,(H2,17,18,19);3-6,13H,2,7H2,1H3. The predicted octanol–water partition coefficient (Wildman–Crippen LogP) is 3.68. The maximum atomic E-state index is 13.0. The third-order valence-electron chi connectivity index (χ3n) is 7.14. The molecule has 1 aliphatic heterocycles. The summed E-state index contributed by atoms with van der Waals surface area (Å²) in [5.74, 6) is -2.54. The van der Waals surface area contributed by atoms with Crippen LogP contribution in [0.5, 0.6) is 0 Å². The average Bonchev–Trinajstić information content (AvgIpc) is 3.70. The minimum absolute atomic E-state index is 0.116. The average molecular weight is 494 g/mol. The summed E-state index contributed by atoms with van der Waals surface area (Å²) < 4.78 is 25.9. The predicted molar refractivity (Wildman–Crippen MR) is 130 cm³/mol. The number of hydrogen-bond acceptors (Lipinski definition) is 6. The van der Waals surface area contributed by atoms with E-state index in [1.54, 1.807) is 12.1 Å². The minimum Gasteiger partial charge on any atom is -0.390 e. The zero-order chi connectivity index (χ0) is 24.3. The van der Waals surface area contributed by atoms with Crippen molar-refractivity contribution in [2.24, 2.45) is 0 Å². The summed E-state index contributed by atoms with van der Waals surface area (Å²) in [7, 11) is 0. The van der Waals surface area contributed by atoms with Crippen molar-refractivity contribution < 1.29 is 13.9 Å². The van der Waals surface area contributed by atoms with Crippen molar-refractivity contribution in [1.29, 1.82) is 0 Å². The van der Waals surface area contributed by atoms with Crippen LogP contribution in [0.3, 0.4) is 0 Å². The number of nitrogens with zero attached hydrogens (tertiary/aromatic N) is 4. The van der Waals surface area contributed by atoms with Crippen LogP contribution in [0.1, 0.15) is 48.6 Å². The van der Waals surface area contributed by atoms with E-state index in [9.17, 15) is 8.78 Å². The number of alkyl halides is 2. The Morgan fingerprint density at radius 1 is 1.09 bits per heavy atom. The lowest BCUT2D eigenvalue weighted by atomic mass is 9.90. The van der Waals surface area contributed by atoms with Crippen LogP contribution in [0.4, 0.5) is 14.6 Å². The van der Waals surface area contributed by atoms with E-state index in [0.29, 0.717) is 11.9 Å². The molecule has 5 rings (SSSR count). The first-order valence-electron chi connectivity index (χ1n) is 12.2. The van der Waals surface area contributed by atoms with E-state index in [-0.39, 0.29) is 10.8 Å². The number of anilines is 1. The van der Waals surface area contributed by atoms with Gasteiger partial charge in [0.05, 0.1) is 5.69 Å². The molecule has 34 heavy (non-hydrogen) atoms. The van der Waals surface area contributed by atoms with Gasteiger partial charge in [0.15, 0.2) is 0 Å². The maximum absolute atomic E-state index is 13.0. The Morgan fingerprint density at radius 2 is 1.76 bits per heavy atom. The number of rotatable bonds is 5. The Kier molecular flexibility index (Phi) is 8.02. The highest BCUT2D eigenvalue weighted by Crippen LogP contribution is 2.31. The Hall–Kier alpha value is -1.87. The van der Waals surface area contributed by atoms with Gasteiger partial charge in [0.1, 0.15) is 12.4 Å².